The van der Waals surface area contributed by atoms with E-state index in [9.17, 15) is 0 Å². The van der Waals surface area contributed by atoms with Gasteiger partial charge in [-0.15, -0.1) is 0 Å². The van der Waals surface area contributed by atoms with E-state index in [-0.39, 0.29) is 5.54 Å². The topological polar surface area (TPSA) is 17.8 Å². The summed E-state index contributed by atoms with van der Waals surface area (Å²) >= 11 is 7.74. The Hall–Kier alpha value is -0.930. The van der Waals surface area contributed by atoms with Gasteiger partial charge < -0.3 is 4.57 Å². The zero-order chi connectivity index (χ0) is 12.5. The van der Waals surface area contributed by atoms with Gasteiger partial charge in [-0.2, -0.15) is 0 Å². The third-order valence-electron chi connectivity index (χ3n) is 2.37. The van der Waals surface area contributed by atoms with Crippen molar-refractivity contribution in [3.8, 4) is 0 Å². The molecule has 4 heteroatoms. The lowest BCUT2D eigenvalue weighted by Gasteiger charge is -2.23. The Morgan fingerprint density at radius 2 is 1.94 bits per heavy atom. The number of aromatic nitrogens is 2. The quantitative estimate of drug-likeness (QED) is 0.800. The molecular weight excluding hydrogens is 252 g/mol. The van der Waals surface area contributed by atoms with E-state index in [4.69, 9.17) is 11.6 Å². The van der Waals surface area contributed by atoms with Crippen LogP contribution in [0, 0.1) is 0 Å². The maximum Gasteiger partial charge on any atom is 0.173 e. The van der Waals surface area contributed by atoms with Crippen LogP contribution < -0.4 is 0 Å². The molecule has 0 bridgehead atoms. The third kappa shape index (κ3) is 2.85. The zero-order valence-corrected chi connectivity index (χ0v) is 11.7. The van der Waals surface area contributed by atoms with Crippen LogP contribution in [0.5, 0.6) is 0 Å². The van der Waals surface area contributed by atoms with Crippen LogP contribution in [-0.4, -0.2) is 9.55 Å². The first kappa shape index (κ1) is 12.5. The minimum Gasteiger partial charge on any atom is -0.320 e. The number of halogens is 1. The van der Waals surface area contributed by atoms with Gasteiger partial charge in [0, 0.05) is 22.8 Å². The molecule has 0 radical (unpaired) electrons. The van der Waals surface area contributed by atoms with Crippen LogP contribution in [0.25, 0.3) is 0 Å². The summed E-state index contributed by atoms with van der Waals surface area (Å²) in [6.45, 7) is 6.47. The van der Waals surface area contributed by atoms with Crippen LogP contribution in [0.4, 0.5) is 0 Å². The number of benzene rings is 1. The molecule has 90 valence electrons. The summed E-state index contributed by atoms with van der Waals surface area (Å²) in [4.78, 5) is 5.42. The average molecular weight is 267 g/mol. The Balaban J connectivity index is 2.32. The molecule has 0 fully saturated rings. The third-order valence-corrected chi connectivity index (χ3v) is 3.87. The predicted octanol–water partition coefficient (Wildman–Crippen LogP) is 4.44. The highest BCUT2D eigenvalue weighted by Crippen LogP contribution is 2.33. The fourth-order valence-corrected chi connectivity index (χ4v) is 2.81. The van der Waals surface area contributed by atoms with E-state index >= 15 is 0 Å². The van der Waals surface area contributed by atoms with Crippen molar-refractivity contribution in [2.45, 2.75) is 36.4 Å². The van der Waals surface area contributed by atoms with Crippen LogP contribution in [0.15, 0.2) is 46.7 Å². The Labute approximate surface area is 111 Å². The average Bonchev–Trinajstić information content (AvgIpc) is 2.69. The SMILES string of the molecule is CC(C)(C)n1ccnc1Sc1ccccc1Cl. The minimum atomic E-state index is 0.0279. The van der Waals surface area contributed by atoms with Gasteiger partial charge in [0.2, 0.25) is 0 Å². The summed E-state index contributed by atoms with van der Waals surface area (Å²) in [7, 11) is 0. The van der Waals surface area contributed by atoms with E-state index in [0.29, 0.717) is 0 Å². The predicted molar refractivity (Wildman–Crippen MR) is 72.8 cm³/mol. The lowest BCUT2D eigenvalue weighted by Crippen LogP contribution is -2.21. The second-order valence-electron chi connectivity index (χ2n) is 4.78. The molecule has 0 aliphatic heterocycles. The normalized spacial score (nSPS) is 11.8. The zero-order valence-electron chi connectivity index (χ0n) is 10.1. The van der Waals surface area contributed by atoms with Gasteiger partial charge in [-0.1, -0.05) is 35.5 Å². The molecular formula is C13H15ClN2S. The second-order valence-corrected chi connectivity index (χ2v) is 6.20. The van der Waals surface area contributed by atoms with E-state index in [2.05, 4.69) is 30.3 Å². The van der Waals surface area contributed by atoms with Crippen LogP contribution in [0.3, 0.4) is 0 Å². The molecule has 0 amide bonds. The highest BCUT2D eigenvalue weighted by Gasteiger charge is 2.17. The molecule has 0 atom stereocenters. The highest BCUT2D eigenvalue weighted by molar-refractivity contribution is 7.99. The Morgan fingerprint density at radius 1 is 1.24 bits per heavy atom. The summed E-state index contributed by atoms with van der Waals surface area (Å²) < 4.78 is 2.15. The summed E-state index contributed by atoms with van der Waals surface area (Å²) in [6.07, 6.45) is 3.82. The summed E-state index contributed by atoms with van der Waals surface area (Å²) in [5.41, 5.74) is 0.0279. The fraction of sp³-hybridized carbons (Fsp3) is 0.308. The smallest absolute Gasteiger partial charge is 0.173 e. The summed E-state index contributed by atoms with van der Waals surface area (Å²) in [6, 6.07) is 7.82. The molecule has 2 rings (SSSR count). The first-order chi connectivity index (χ1) is 7.98. The molecule has 0 saturated carbocycles. The van der Waals surface area contributed by atoms with E-state index in [1.54, 1.807) is 11.8 Å². The van der Waals surface area contributed by atoms with Gasteiger partial charge in [0.15, 0.2) is 5.16 Å². The number of nitrogens with zero attached hydrogens (tertiary/aromatic N) is 2. The van der Waals surface area contributed by atoms with Crippen molar-refractivity contribution in [2.24, 2.45) is 0 Å². The lowest BCUT2D eigenvalue weighted by atomic mass is 10.1. The number of hydrogen-bond acceptors (Lipinski definition) is 2. The molecule has 1 heterocycles. The van der Waals surface area contributed by atoms with Gasteiger partial charge in [-0.3, -0.25) is 0 Å². The van der Waals surface area contributed by atoms with Crippen molar-refractivity contribution >= 4 is 23.4 Å². The monoisotopic (exact) mass is 266 g/mol. The lowest BCUT2D eigenvalue weighted by molar-refractivity contribution is 0.367. The Morgan fingerprint density at radius 3 is 2.59 bits per heavy atom. The van der Waals surface area contributed by atoms with Crippen molar-refractivity contribution in [2.75, 3.05) is 0 Å². The Kier molecular flexibility index (Phi) is 3.50. The summed E-state index contributed by atoms with van der Waals surface area (Å²) in [5.74, 6) is 0. The fourth-order valence-electron chi connectivity index (χ4n) is 1.50. The molecule has 0 unspecified atom stereocenters. The van der Waals surface area contributed by atoms with Crippen LogP contribution in [0.1, 0.15) is 20.8 Å². The second kappa shape index (κ2) is 4.75. The highest BCUT2D eigenvalue weighted by atomic mass is 35.5. The van der Waals surface area contributed by atoms with E-state index in [1.165, 1.54) is 0 Å². The van der Waals surface area contributed by atoms with Gasteiger partial charge in [-0.25, -0.2) is 4.98 Å². The van der Waals surface area contributed by atoms with Crippen molar-refractivity contribution in [1.82, 2.24) is 9.55 Å². The van der Waals surface area contributed by atoms with Gasteiger partial charge >= 0.3 is 0 Å². The van der Waals surface area contributed by atoms with Crippen molar-refractivity contribution in [3.05, 3.63) is 41.7 Å². The molecule has 2 aromatic rings. The van der Waals surface area contributed by atoms with E-state index < -0.39 is 0 Å². The van der Waals surface area contributed by atoms with Gasteiger partial charge in [0.25, 0.3) is 0 Å². The van der Waals surface area contributed by atoms with E-state index in [0.717, 1.165) is 15.1 Å². The molecule has 17 heavy (non-hydrogen) atoms. The first-order valence-corrected chi connectivity index (χ1v) is 6.64. The van der Waals surface area contributed by atoms with Crippen molar-refractivity contribution < 1.29 is 0 Å². The van der Waals surface area contributed by atoms with Crippen LogP contribution in [0.2, 0.25) is 5.02 Å². The maximum atomic E-state index is 6.15. The van der Waals surface area contributed by atoms with Crippen molar-refractivity contribution in [3.63, 3.8) is 0 Å². The van der Waals surface area contributed by atoms with Crippen molar-refractivity contribution in [1.29, 1.82) is 0 Å². The summed E-state index contributed by atoms with van der Waals surface area (Å²) in [5, 5.41) is 1.73. The van der Waals surface area contributed by atoms with Crippen LogP contribution in [-0.2, 0) is 5.54 Å². The number of imidazole rings is 1. The maximum absolute atomic E-state index is 6.15. The molecule has 0 aliphatic carbocycles. The molecule has 0 saturated heterocycles. The first-order valence-electron chi connectivity index (χ1n) is 5.45. The van der Waals surface area contributed by atoms with Crippen LogP contribution >= 0.6 is 23.4 Å². The molecule has 2 nitrogen and oxygen atoms in total. The van der Waals surface area contributed by atoms with Gasteiger partial charge in [0.05, 0.1) is 5.02 Å². The minimum absolute atomic E-state index is 0.0279. The van der Waals surface area contributed by atoms with Gasteiger partial charge in [0.1, 0.15) is 0 Å². The molecule has 1 aromatic heterocycles. The standard InChI is InChI=1S/C13H15ClN2S/c1-13(2,3)16-9-8-15-12(16)17-11-7-5-4-6-10(11)14/h4-9H,1-3H3. The molecule has 0 aliphatic rings. The Bertz CT molecular complexity index is 514. The largest absolute Gasteiger partial charge is 0.320 e. The van der Waals surface area contributed by atoms with Gasteiger partial charge in [-0.05, 0) is 32.9 Å². The number of hydrogen-bond donors (Lipinski definition) is 0. The number of rotatable bonds is 2. The van der Waals surface area contributed by atoms with E-state index in [1.807, 2.05) is 36.7 Å². The molecule has 1 aromatic carbocycles. The molecule has 0 spiro atoms. The molecule has 0 N–H and O–H groups in total.